The predicted molar refractivity (Wildman–Crippen MR) is 111 cm³/mol. The Kier molecular flexibility index (Phi) is 9.74. The summed E-state index contributed by atoms with van der Waals surface area (Å²) in [5, 5.41) is 3.45. The Balaban J connectivity index is 1.75. The minimum absolute atomic E-state index is 0.534. The molecule has 0 saturated heterocycles. The van der Waals surface area contributed by atoms with E-state index in [0.29, 0.717) is 6.61 Å². The van der Waals surface area contributed by atoms with Crippen LogP contribution in [0.1, 0.15) is 42.9 Å². The summed E-state index contributed by atoms with van der Waals surface area (Å²) in [6.07, 6.45) is 3.36. The highest BCUT2D eigenvalue weighted by molar-refractivity contribution is 5.43. The van der Waals surface area contributed by atoms with E-state index in [2.05, 4.69) is 49.5 Å². The molecule has 148 valence electrons. The van der Waals surface area contributed by atoms with Crippen molar-refractivity contribution in [2.45, 2.75) is 46.3 Å². The fraction of sp³-hybridized carbons (Fsp3) is 0.478. The zero-order valence-corrected chi connectivity index (χ0v) is 16.9. The lowest BCUT2D eigenvalue weighted by molar-refractivity contribution is 0.129. The third-order valence-corrected chi connectivity index (χ3v) is 4.36. The van der Waals surface area contributed by atoms with Crippen LogP contribution in [0, 0.1) is 6.92 Å². The molecule has 0 heterocycles. The highest BCUT2D eigenvalue weighted by atomic mass is 16.5. The molecule has 0 radical (unpaired) electrons. The van der Waals surface area contributed by atoms with E-state index in [1.165, 1.54) is 17.5 Å². The third kappa shape index (κ3) is 8.02. The van der Waals surface area contributed by atoms with Crippen LogP contribution in [-0.2, 0) is 17.9 Å². The molecule has 0 amide bonds. The van der Waals surface area contributed by atoms with Gasteiger partial charge in [0.15, 0.2) is 11.5 Å². The van der Waals surface area contributed by atoms with Crippen molar-refractivity contribution in [3.8, 4) is 11.5 Å². The van der Waals surface area contributed by atoms with E-state index >= 15 is 0 Å². The molecule has 27 heavy (non-hydrogen) atoms. The third-order valence-electron chi connectivity index (χ3n) is 4.36. The molecule has 0 unspecified atom stereocenters. The molecule has 0 aliphatic heterocycles. The molecule has 0 saturated carbocycles. The molecule has 4 nitrogen and oxygen atoms in total. The van der Waals surface area contributed by atoms with Gasteiger partial charge in [0.05, 0.1) is 7.11 Å². The average molecular weight is 372 g/mol. The molecule has 0 aliphatic carbocycles. The van der Waals surface area contributed by atoms with Crippen LogP contribution in [0.25, 0.3) is 0 Å². The van der Waals surface area contributed by atoms with Crippen molar-refractivity contribution >= 4 is 0 Å². The highest BCUT2D eigenvalue weighted by Gasteiger charge is 2.06. The summed E-state index contributed by atoms with van der Waals surface area (Å²) in [6, 6.07) is 14.5. The second-order valence-electron chi connectivity index (χ2n) is 6.76. The van der Waals surface area contributed by atoms with Crippen LogP contribution < -0.4 is 14.8 Å². The van der Waals surface area contributed by atoms with E-state index in [1.54, 1.807) is 7.11 Å². The Morgan fingerprint density at radius 2 is 1.63 bits per heavy atom. The van der Waals surface area contributed by atoms with Gasteiger partial charge in [0, 0.05) is 19.8 Å². The molecule has 2 rings (SSSR count). The van der Waals surface area contributed by atoms with Crippen molar-refractivity contribution in [3.63, 3.8) is 0 Å². The second-order valence-corrected chi connectivity index (χ2v) is 6.76. The van der Waals surface area contributed by atoms with Gasteiger partial charge < -0.3 is 19.5 Å². The first kappa shape index (κ1) is 21.3. The maximum atomic E-state index is 5.94. The summed E-state index contributed by atoms with van der Waals surface area (Å²) in [6.45, 7) is 8.24. The largest absolute Gasteiger partial charge is 0.493 e. The van der Waals surface area contributed by atoms with Crippen molar-refractivity contribution < 1.29 is 14.2 Å². The van der Waals surface area contributed by atoms with Gasteiger partial charge in [-0.3, -0.25) is 0 Å². The van der Waals surface area contributed by atoms with Crippen molar-refractivity contribution in [1.82, 2.24) is 5.32 Å². The first-order valence-electron chi connectivity index (χ1n) is 9.86. The number of aryl methyl sites for hydroxylation is 1. The standard InChI is InChI=1S/C23H33NO3/c1-4-5-14-26-15-6-13-24-17-21-11-12-22(23(16-21)25-3)27-18-20-9-7-19(2)8-10-20/h7-12,16,24H,4-6,13-15,17-18H2,1-3H3. The zero-order valence-electron chi connectivity index (χ0n) is 16.9. The Morgan fingerprint density at radius 3 is 2.37 bits per heavy atom. The average Bonchev–Trinajstić information content (AvgIpc) is 2.70. The van der Waals surface area contributed by atoms with Gasteiger partial charge in [-0.1, -0.05) is 49.2 Å². The second kappa shape index (κ2) is 12.4. The number of methoxy groups -OCH3 is 1. The van der Waals surface area contributed by atoms with Crippen LogP contribution in [-0.4, -0.2) is 26.9 Å². The van der Waals surface area contributed by atoms with Crippen LogP contribution in [0.15, 0.2) is 42.5 Å². The lowest BCUT2D eigenvalue weighted by Crippen LogP contribution is -2.16. The Hall–Kier alpha value is -2.04. The molecule has 0 aliphatic rings. The van der Waals surface area contributed by atoms with Gasteiger partial charge in [-0.25, -0.2) is 0 Å². The number of rotatable bonds is 13. The fourth-order valence-electron chi connectivity index (χ4n) is 2.67. The number of hydrogen-bond acceptors (Lipinski definition) is 4. The van der Waals surface area contributed by atoms with E-state index in [9.17, 15) is 0 Å². The van der Waals surface area contributed by atoms with Crippen molar-refractivity contribution in [2.24, 2.45) is 0 Å². The van der Waals surface area contributed by atoms with Crippen molar-refractivity contribution in [1.29, 1.82) is 0 Å². The Morgan fingerprint density at radius 1 is 0.889 bits per heavy atom. The first-order chi connectivity index (χ1) is 13.2. The molecule has 4 heteroatoms. The minimum atomic E-state index is 0.534. The van der Waals surface area contributed by atoms with Gasteiger partial charge in [0.25, 0.3) is 0 Å². The number of hydrogen-bond donors (Lipinski definition) is 1. The molecule has 0 bridgehead atoms. The molecular formula is C23H33NO3. The van der Waals surface area contributed by atoms with Gasteiger partial charge >= 0.3 is 0 Å². The molecule has 1 N–H and O–H groups in total. The Labute approximate surface area is 163 Å². The smallest absolute Gasteiger partial charge is 0.161 e. The molecule has 0 aromatic heterocycles. The molecule has 0 spiro atoms. The number of unbranched alkanes of at least 4 members (excludes halogenated alkanes) is 1. The highest BCUT2D eigenvalue weighted by Crippen LogP contribution is 2.28. The molecule has 2 aromatic rings. The summed E-state index contributed by atoms with van der Waals surface area (Å²) in [4.78, 5) is 0. The Bertz CT molecular complexity index is 655. The van der Waals surface area contributed by atoms with Gasteiger partial charge in [0.1, 0.15) is 6.61 Å². The maximum absolute atomic E-state index is 5.94. The van der Waals surface area contributed by atoms with Crippen LogP contribution in [0.2, 0.25) is 0 Å². The topological polar surface area (TPSA) is 39.7 Å². The summed E-state index contributed by atoms with van der Waals surface area (Å²) in [7, 11) is 1.68. The SMILES string of the molecule is CCCCOCCCNCc1ccc(OCc2ccc(C)cc2)c(OC)c1. The van der Waals surface area contributed by atoms with Crippen molar-refractivity contribution in [2.75, 3.05) is 26.9 Å². The molecule has 0 fully saturated rings. The quantitative estimate of drug-likeness (QED) is 0.510. The van der Waals surface area contributed by atoms with E-state index < -0.39 is 0 Å². The summed E-state index contributed by atoms with van der Waals surface area (Å²) < 4.78 is 17.0. The van der Waals surface area contributed by atoms with E-state index in [4.69, 9.17) is 14.2 Å². The maximum Gasteiger partial charge on any atom is 0.161 e. The van der Waals surface area contributed by atoms with Gasteiger partial charge in [-0.15, -0.1) is 0 Å². The van der Waals surface area contributed by atoms with E-state index in [1.807, 2.05) is 12.1 Å². The summed E-state index contributed by atoms with van der Waals surface area (Å²) in [5.41, 5.74) is 3.58. The first-order valence-corrected chi connectivity index (χ1v) is 9.86. The van der Waals surface area contributed by atoms with Gasteiger partial charge in [0.2, 0.25) is 0 Å². The van der Waals surface area contributed by atoms with Crippen LogP contribution in [0.4, 0.5) is 0 Å². The lowest BCUT2D eigenvalue weighted by Gasteiger charge is -2.13. The fourth-order valence-corrected chi connectivity index (χ4v) is 2.67. The van der Waals surface area contributed by atoms with Crippen molar-refractivity contribution in [3.05, 3.63) is 59.2 Å². The molecule has 0 atom stereocenters. The number of benzene rings is 2. The lowest BCUT2D eigenvalue weighted by atomic mass is 10.1. The monoisotopic (exact) mass is 371 g/mol. The van der Waals surface area contributed by atoms with Crippen LogP contribution >= 0.6 is 0 Å². The molecule has 2 aromatic carbocycles. The number of ether oxygens (including phenoxy) is 3. The van der Waals surface area contributed by atoms with E-state index in [-0.39, 0.29) is 0 Å². The summed E-state index contributed by atoms with van der Waals surface area (Å²) >= 11 is 0. The minimum Gasteiger partial charge on any atom is -0.493 e. The normalized spacial score (nSPS) is 10.8. The predicted octanol–water partition coefficient (Wildman–Crippen LogP) is 4.88. The summed E-state index contributed by atoms with van der Waals surface area (Å²) in [5.74, 6) is 1.54. The van der Waals surface area contributed by atoms with E-state index in [0.717, 1.165) is 56.2 Å². The zero-order chi connectivity index (χ0) is 19.3. The van der Waals surface area contributed by atoms with Crippen LogP contribution in [0.3, 0.4) is 0 Å². The van der Waals surface area contributed by atoms with Crippen LogP contribution in [0.5, 0.6) is 11.5 Å². The molecular weight excluding hydrogens is 338 g/mol. The van der Waals surface area contributed by atoms with Gasteiger partial charge in [-0.05, 0) is 49.6 Å². The number of nitrogens with one attached hydrogen (secondary N) is 1. The van der Waals surface area contributed by atoms with Gasteiger partial charge in [-0.2, -0.15) is 0 Å².